The van der Waals surface area contributed by atoms with Gasteiger partial charge in [0.15, 0.2) is 0 Å². The van der Waals surface area contributed by atoms with Crippen LogP contribution in [0.3, 0.4) is 0 Å². The first kappa shape index (κ1) is 15.7. The van der Waals surface area contributed by atoms with E-state index < -0.39 is 0 Å². The smallest absolute Gasteiger partial charge is 0.128 e. The number of benzene rings is 1. The highest BCUT2D eigenvalue weighted by atomic mass is 19.1. The highest BCUT2D eigenvalue weighted by Gasteiger charge is 2.11. The van der Waals surface area contributed by atoms with Crippen molar-refractivity contribution in [1.82, 2.24) is 4.90 Å². The van der Waals surface area contributed by atoms with Crippen molar-refractivity contribution in [2.45, 2.75) is 39.8 Å². The van der Waals surface area contributed by atoms with Crippen molar-refractivity contribution in [3.05, 3.63) is 35.1 Å². The Morgan fingerprint density at radius 1 is 1.37 bits per heavy atom. The minimum atomic E-state index is -0.189. The molecule has 2 nitrogen and oxygen atoms in total. The molecule has 0 aliphatic carbocycles. The second-order valence-electron chi connectivity index (χ2n) is 4.88. The number of rotatable bonds is 5. The zero-order chi connectivity index (χ0) is 14.3. The molecule has 0 bridgehead atoms. The van der Waals surface area contributed by atoms with E-state index in [1.165, 1.54) is 6.07 Å². The van der Waals surface area contributed by atoms with E-state index in [9.17, 15) is 4.39 Å². The quantitative estimate of drug-likeness (QED) is 0.827. The lowest BCUT2D eigenvalue weighted by atomic mass is 10.1. The summed E-state index contributed by atoms with van der Waals surface area (Å²) in [5, 5.41) is 0. The monoisotopic (exact) mass is 262 g/mol. The maximum absolute atomic E-state index is 14.0. The van der Waals surface area contributed by atoms with Crippen molar-refractivity contribution < 1.29 is 4.39 Å². The summed E-state index contributed by atoms with van der Waals surface area (Å²) in [5.74, 6) is 5.39. The molecule has 0 heterocycles. The van der Waals surface area contributed by atoms with Crippen LogP contribution in [0.1, 0.15) is 38.3 Å². The summed E-state index contributed by atoms with van der Waals surface area (Å²) in [6.07, 6.45) is 1.07. The van der Waals surface area contributed by atoms with E-state index in [2.05, 4.69) is 37.5 Å². The second-order valence-corrected chi connectivity index (χ2v) is 4.88. The molecule has 1 aromatic rings. The number of halogens is 1. The van der Waals surface area contributed by atoms with E-state index in [0.29, 0.717) is 24.7 Å². The minimum Gasteiger partial charge on any atom is -0.320 e. The first-order valence-electron chi connectivity index (χ1n) is 6.79. The molecule has 0 fully saturated rings. The third-order valence-electron chi connectivity index (χ3n) is 3.00. The molecular weight excluding hydrogens is 239 g/mol. The highest BCUT2D eigenvalue weighted by molar-refractivity contribution is 5.37. The van der Waals surface area contributed by atoms with Gasteiger partial charge in [-0.3, -0.25) is 4.90 Å². The number of nitrogens with two attached hydrogens (primary N) is 1. The maximum Gasteiger partial charge on any atom is 0.128 e. The Labute approximate surface area is 115 Å². The van der Waals surface area contributed by atoms with Gasteiger partial charge in [-0.1, -0.05) is 24.8 Å². The molecule has 0 amide bonds. The van der Waals surface area contributed by atoms with E-state index in [1.807, 2.05) is 12.1 Å². The molecule has 0 atom stereocenters. The summed E-state index contributed by atoms with van der Waals surface area (Å²) in [6.45, 7) is 8.31. The minimum absolute atomic E-state index is 0.189. The third-order valence-corrected chi connectivity index (χ3v) is 3.00. The Bertz CT molecular complexity index is 458. The van der Waals surface area contributed by atoms with Gasteiger partial charge in [0.2, 0.25) is 0 Å². The number of hydrogen-bond donors (Lipinski definition) is 1. The van der Waals surface area contributed by atoms with Crippen LogP contribution in [-0.2, 0) is 6.54 Å². The van der Waals surface area contributed by atoms with Gasteiger partial charge in [0, 0.05) is 23.7 Å². The standard InChI is InChI=1S/C16H23FN2/c1-4-10-19(13(2)3)12-15-8-7-14(6-5-9-18)11-16(15)17/h7-8,11,13H,4,9-10,12,18H2,1-3H3. The predicted octanol–water partition coefficient (Wildman–Crippen LogP) is 2.76. The predicted molar refractivity (Wildman–Crippen MR) is 78.2 cm³/mol. The lowest BCUT2D eigenvalue weighted by Crippen LogP contribution is -2.31. The number of nitrogens with zero attached hydrogens (tertiary/aromatic N) is 1. The van der Waals surface area contributed by atoms with Crippen LogP contribution in [0.2, 0.25) is 0 Å². The van der Waals surface area contributed by atoms with Gasteiger partial charge in [0.1, 0.15) is 5.82 Å². The zero-order valence-electron chi connectivity index (χ0n) is 12.0. The molecule has 1 rings (SSSR count). The van der Waals surface area contributed by atoms with Gasteiger partial charge in [0.05, 0.1) is 6.54 Å². The Balaban J connectivity index is 2.84. The van der Waals surface area contributed by atoms with Crippen molar-refractivity contribution >= 4 is 0 Å². The van der Waals surface area contributed by atoms with Gasteiger partial charge in [-0.05, 0) is 38.9 Å². The molecule has 19 heavy (non-hydrogen) atoms. The van der Waals surface area contributed by atoms with Gasteiger partial charge < -0.3 is 5.73 Å². The molecule has 3 heteroatoms. The van der Waals surface area contributed by atoms with Crippen LogP contribution in [0.4, 0.5) is 4.39 Å². The van der Waals surface area contributed by atoms with Crippen molar-refractivity contribution in [2.24, 2.45) is 5.73 Å². The molecule has 104 valence electrons. The van der Waals surface area contributed by atoms with Crippen molar-refractivity contribution in [2.75, 3.05) is 13.1 Å². The fourth-order valence-electron chi connectivity index (χ4n) is 1.93. The van der Waals surface area contributed by atoms with Gasteiger partial charge in [0.25, 0.3) is 0 Å². The Morgan fingerprint density at radius 3 is 2.63 bits per heavy atom. The molecule has 0 spiro atoms. The van der Waals surface area contributed by atoms with Crippen LogP contribution >= 0.6 is 0 Å². The van der Waals surface area contributed by atoms with Crippen LogP contribution < -0.4 is 5.73 Å². The molecule has 1 aromatic carbocycles. The van der Waals surface area contributed by atoms with Crippen LogP contribution in [0, 0.1) is 17.7 Å². The van der Waals surface area contributed by atoms with Crippen molar-refractivity contribution in [3.8, 4) is 11.8 Å². The molecule has 2 N–H and O–H groups in total. The SMILES string of the molecule is CCCN(Cc1ccc(C#CCN)cc1F)C(C)C. The maximum atomic E-state index is 14.0. The summed E-state index contributed by atoms with van der Waals surface area (Å²) in [6, 6.07) is 5.57. The van der Waals surface area contributed by atoms with Gasteiger partial charge >= 0.3 is 0 Å². The highest BCUT2D eigenvalue weighted by Crippen LogP contribution is 2.14. The average Bonchev–Trinajstić information content (AvgIpc) is 2.38. The van der Waals surface area contributed by atoms with Crippen molar-refractivity contribution in [3.63, 3.8) is 0 Å². The molecule has 0 unspecified atom stereocenters. The topological polar surface area (TPSA) is 29.3 Å². The van der Waals surface area contributed by atoms with Crippen LogP contribution in [0.25, 0.3) is 0 Å². The molecule has 0 aliphatic rings. The summed E-state index contributed by atoms with van der Waals surface area (Å²) < 4.78 is 14.0. The second kappa shape index (κ2) is 7.93. The fraction of sp³-hybridized carbons (Fsp3) is 0.500. The first-order valence-corrected chi connectivity index (χ1v) is 6.79. The summed E-state index contributed by atoms with van der Waals surface area (Å²) >= 11 is 0. The fourth-order valence-corrected chi connectivity index (χ4v) is 1.93. The molecule has 0 saturated carbocycles. The normalized spacial score (nSPS) is 10.7. The van der Waals surface area contributed by atoms with Gasteiger partial charge in [-0.25, -0.2) is 4.39 Å². The van der Waals surface area contributed by atoms with Gasteiger partial charge in [-0.2, -0.15) is 0 Å². The summed E-state index contributed by atoms with van der Waals surface area (Å²) in [4.78, 5) is 2.27. The van der Waals surface area contributed by atoms with Crippen LogP contribution in [-0.4, -0.2) is 24.0 Å². The van der Waals surface area contributed by atoms with Crippen molar-refractivity contribution in [1.29, 1.82) is 0 Å². The molecular formula is C16H23FN2. The lowest BCUT2D eigenvalue weighted by Gasteiger charge is -2.26. The molecule has 0 saturated heterocycles. The van der Waals surface area contributed by atoms with E-state index in [1.54, 1.807) is 0 Å². The van der Waals surface area contributed by atoms with E-state index in [4.69, 9.17) is 5.73 Å². The van der Waals surface area contributed by atoms with E-state index in [-0.39, 0.29) is 5.82 Å². The average molecular weight is 262 g/mol. The van der Waals surface area contributed by atoms with Crippen LogP contribution in [0.15, 0.2) is 18.2 Å². The van der Waals surface area contributed by atoms with Crippen LogP contribution in [0.5, 0.6) is 0 Å². The lowest BCUT2D eigenvalue weighted by molar-refractivity contribution is 0.210. The molecule has 0 radical (unpaired) electrons. The Hall–Kier alpha value is -1.37. The largest absolute Gasteiger partial charge is 0.320 e. The van der Waals surface area contributed by atoms with Gasteiger partial charge in [-0.15, -0.1) is 0 Å². The zero-order valence-corrected chi connectivity index (χ0v) is 12.0. The van der Waals surface area contributed by atoms with E-state index >= 15 is 0 Å². The summed E-state index contributed by atoms with van der Waals surface area (Å²) in [7, 11) is 0. The third kappa shape index (κ3) is 5.02. The molecule has 0 aliphatic heterocycles. The number of hydrogen-bond acceptors (Lipinski definition) is 2. The molecule has 0 aromatic heterocycles. The Morgan fingerprint density at radius 2 is 2.11 bits per heavy atom. The van der Waals surface area contributed by atoms with E-state index in [0.717, 1.165) is 18.5 Å². The Kier molecular flexibility index (Phi) is 6.55. The summed E-state index contributed by atoms with van der Waals surface area (Å²) in [5.41, 5.74) is 6.70. The first-order chi connectivity index (χ1) is 9.08.